The Morgan fingerprint density at radius 1 is 1.06 bits per heavy atom. The highest BCUT2D eigenvalue weighted by molar-refractivity contribution is 7.83. The zero-order chi connectivity index (χ0) is 13.0. The minimum Gasteiger partial charge on any atom is -0.259 e. The Kier molecular flexibility index (Phi) is 4.26. The van der Waals surface area contributed by atoms with E-state index < -0.39 is 10.8 Å². The molecular weight excluding hydrogens is 247 g/mol. The van der Waals surface area contributed by atoms with Crippen LogP contribution in [0.1, 0.15) is 16.7 Å². The first-order chi connectivity index (χ1) is 8.65. The van der Waals surface area contributed by atoms with E-state index >= 15 is 0 Å². The van der Waals surface area contributed by atoms with Gasteiger partial charge in [0.05, 0.1) is 5.75 Å². The highest BCUT2D eigenvalue weighted by atomic mass is 32.2. The predicted molar refractivity (Wildman–Crippen MR) is 73.1 cm³/mol. The molecule has 2 aromatic rings. The van der Waals surface area contributed by atoms with Crippen molar-refractivity contribution in [3.05, 3.63) is 71.0 Å². The summed E-state index contributed by atoms with van der Waals surface area (Å²) in [6.07, 6.45) is 0. The first-order valence-electron chi connectivity index (χ1n) is 5.79. The molecule has 1 atom stereocenters. The Hall–Kier alpha value is -1.48. The van der Waals surface area contributed by atoms with Crippen LogP contribution in [0.15, 0.2) is 48.5 Å². The lowest BCUT2D eigenvalue weighted by Crippen LogP contribution is -2.01. The summed E-state index contributed by atoms with van der Waals surface area (Å²) in [7, 11) is -1.08. The fourth-order valence-electron chi connectivity index (χ4n) is 1.83. The van der Waals surface area contributed by atoms with E-state index in [9.17, 15) is 8.60 Å². The van der Waals surface area contributed by atoms with E-state index in [2.05, 4.69) is 0 Å². The monoisotopic (exact) mass is 262 g/mol. The summed E-state index contributed by atoms with van der Waals surface area (Å²) in [6, 6.07) is 14.4. The molecule has 94 valence electrons. The maximum absolute atomic E-state index is 13.4. The third-order valence-corrected chi connectivity index (χ3v) is 3.97. The van der Waals surface area contributed by atoms with Crippen molar-refractivity contribution >= 4 is 10.8 Å². The van der Waals surface area contributed by atoms with Gasteiger partial charge in [0.15, 0.2) is 0 Å². The molecule has 18 heavy (non-hydrogen) atoms. The molecule has 2 aromatic carbocycles. The Morgan fingerprint density at radius 2 is 1.83 bits per heavy atom. The molecule has 0 radical (unpaired) electrons. The Bertz CT molecular complexity index is 566. The van der Waals surface area contributed by atoms with Gasteiger partial charge in [-0.3, -0.25) is 4.21 Å². The van der Waals surface area contributed by atoms with Crippen molar-refractivity contribution in [3.8, 4) is 0 Å². The van der Waals surface area contributed by atoms with Gasteiger partial charge in [-0.1, -0.05) is 48.0 Å². The van der Waals surface area contributed by atoms with Crippen molar-refractivity contribution in [3.63, 3.8) is 0 Å². The molecule has 0 saturated carbocycles. The maximum Gasteiger partial charge on any atom is 0.127 e. The van der Waals surface area contributed by atoms with E-state index in [4.69, 9.17) is 0 Å². The van der Waals surface area contributed by atoms with E-state index in [0.29, 0.717) is 11.3 Å². The SMILES string of the molecule is Cc1cccc(CS(=O)Cc2ccccc2F)c1. The summed E-state index contributed by atoms with van der Waals surface area (Å²) < 4.78 is 25.4. The van der Waals surface area contributed by atoms with Crippen molar-refractivity contribution in [2.45, 2.75) is 18.4 Å². The molecule has 0 saturated heterocycles. The van der Waals surface area contributed by atoms with Crippen LogP contribution in [0, 0.1) is 12.7 Å². The van der Waals surface area contributed by atoms with Crippen LogP contribution < -0.4 is 0 Å². The van der Waals surface area contributed by atoms with Gasteiger partial charge in [-0.05, 0) is 18.6 Å². The van der Waals surface area contributed by atoms with Gasteiger partial charge in [-0.25, -0.2) is 4.39 Å². The predicted octanol–water partition coefficient (Wildman–Crippen LogP) is 3.58. The van der Waals surface area contributed by atoms with Crippen LogP contribution in [-0.4, -0.2) is 4.21 Å². The zero-order valence-electron chi connectivity index (χ0n) is 10.2. The average molecular weight is 262 g/mol. The molecule has 1 unspecified atom stereocenters. The number of rotatable bonds is 4. The zero-order valence-corrected chi connectivity index (χ0v) is 11.0. The summed E-state index contributed by atoms with van der Waals surface area (Å²) >= 11 is 0. The molecule has 0 aliphatic carbocycles. The molecule has 0 spiro atoms. The fraction of sp³-hybridized carbons (Fsp3) is 0.200. The van der Waals surface area contributed by atoms with Crippen molar-refractivity contribution in [1.29, 1.82) is 0 Å². The van der Waals surface area contributed by atoms with Gasteiger partial charge < -0.3 is 0 Å². The topological polar surface area (TPSA) is 17.1 Å². The largest absolute Gasteiger partial charge is 0.259 e. The molecule has 0 aromatic heterocycles. The second-order valence-electron chi connectivity index (χ2n) is 4.31. The number of halogens is 1. The average Bonchev–Trinajstić information content (AvgIpc) is 2.32. The summed E-state index contributed by atoms with van der Waals surface area (Å²) in [5.74, 6) is 0.450. The molecule has 0 heterocycles. The molecule has 0 aliphatic rings. The summed E-state index contributed by atoms with van der Waals surface area (Å²) in [5, 5.41) is 0. The second kappa shape index (κ2) is 5.91. The first-order valence-corrected chi connectivity index (χ1v) is 7.28. The van der Waals surface area contributed by atoms with E-state index in [1.807, 2.05) is 31.2 Å². The van der Waals surface area contributed by atoms with Gasteiger partial charge in [0.25, 0.3) is 0 Å². The molecule has 3 heteroatoms. The van der Waals surface area contributed by atoms with Crippen LogP contribution in [0.25, 0.3) is 0 Å². The summed E-state index contributed by atoms with van der Waals surface area (Å²) in [4.78, 5) is 0. The van der Waals surface area contributed by atoms with Gasteiger partial charge >= 0.3 is 0 Å². The summed E-state index contributed by atoms with van der Waals surface area (Å²) in [6.45, 7) is 2.00. The van der Waals surface area contributed by atoms with Gasteiger partial charge in [0, 0.05) is 22.1 Å². The molecule has 0 fully saturated rings. The van der Waals surface area contributed by atoms with Gasteiger partial charge in [0.1, 0.15) is 5.82 Å². The van der Waals surface area contributed by atoms with Crippen LogP contribution in [0.2, 0.25) is 0 Å². The maximum atomic E-state index is 13.4. The smallest absolute Gasteiger partial charge is 0.127 e. The standard InChI is InChI=1S/C15H15FOS/c1-12-5-4-6-13(9-12)10-18(17)11-14-7-2-3-8-15(14)16/h2-9H,10-11H2,1H3. The van der Waals surface area contributed by atoms with Crippen molar-refractivity contribution < 1.29 is 8.60 Å². The molecule has 2 rings (SSSR count). The minimum absolute atomic E-state index is 0.264. The highest BCUT2D eigenvalue weighted by Gasteiger charge is 2.07. The van der Waals surface area contributed by atoms with Crippen LogP contribution in [0.4, 0.5) is 4.39 Å². The highest BCUT2D eigenvalue weighted by Crippen LogP contribution is 2.13. The normalized spacial score (nSPS) is 12.3. The lowest BCUT2D eigenvalue weighted by molar-refractivity contribution is 0.615. The van der Waals surface area contributed by atoms with Crippen LogP contribution in [-0.2, 0) is 22.3 Å². The van der Waals surface area contributed by atoms with E-state index in [1.165, 1.54) is 6.07 Å². The first kappa shape index (κ1) is 13.0. The molecule has 0 N–H and O–H groups in total. The van der Waals surface area contributed by atoms with Crippen LogP contribution in [0.3, 0.4) is 0 Å². The lowest BCUT2D eigenvalue weighted by Gasteiger charge is -2.05. The molecule has 0 bridgehead atoms. The lowest BCUT2D eigenvalue weighted by atomic mass is 10.2. The molecule has 0 aliphatic heterocycles. The van der Waals surface area contributed by atoms with Crippen LogP contribution >= 0.6 is 0 Å². The molecule has 0 amide bonds. The number of benzene rings is 2. The summed E-state index contributed by atoms with van der Waals surface area (Å²) in [5.41, 5.74) is 2.70. The third-order valence-electron chi connectivity index (χ3n) is 2.68. The number of hydrogen-bond donors (Lipinski definition) is 0. The van der Waals surface area contributed by atoms with Gasteiger partial charge in [0.2, 0.25) is 0 Å². The van der Waals surface area contributed by atoms with Gasteiger partial charge in [-0.2, -0.15) is 0 Å². The third kappa shape index (κ3) is 3.50. The Labute approximate surface area is 109 Å². The van der Waals surface area contributed by atoms with Crippen molar-refractivity contribution in [2.75, 3.05) is 0 Å². The molecular formula is C15H15FOS. The van der Waals surface area contributed by atoms with E-state index in [1.54, 1.807) is 18.2 Å². The Morgan fingerprint density at radius 3 is 2.56 bits per heavy atom. The van der Waals surface area contributed by atoms with Crippen molar-refractivity contribution in [1.82, 2.24) is 0 Å². The number of aryl methyl sites for hydroxylation is 1. The van der Waals surface area contributed by atoms with E-state index in [-0.39, 0.29) is 11.6 Å². The fourth-order valence-corrected chi connectivity index (χ4v) is 3.06. The Balaban J connectivity index is 2.03. The quantitative estimate of drug-likeness (QED) is 0.823. The molecule has 1 nitrogen and oxygen atoms in total. The van der Waals surface area contributed by atoms with E-state index in [0.717, 1.165) is 11.1 Å². The van der Waals surface area contributed by atoms with Gasteiger partial charge in [-0.15, -0.1) is 0 Å². The second-order valence-corrected chi connectivity index (χ2v) is 5.77. The van der Waals surface area contributed by atoms with Crippen LogP contribution in [0.5, 0.6) is 0 Å². The minimum atomic E-state index is -1.08. The number of hydrogen-bond acceptors (Lipinski definition) is 1. The van der Waals surface area contributed by atoms with Crippen molar-refractivity contribution in [2.24, 2.45) is 0 Å².